The summed E-state index contributed by atoms with van der Waals surface area (Å²) in [6, 6.07) is 3.60. The zero-order valence-corrected chi connectivity index (χ0v) is 14.8. The van der Waals surface area contributed by atoms with Crippen molar-refractivity contribution in [2.45, 2.75) is 26.3 Å². The van der Waals surface area contributed by atoms with E-state index in [1.807, 2.05) is 20.0 Å². The maximum Gasteiger partial charge on any atom is 0.220 e. The molecule has 0 aliphatic carbocycles. The quantitative estimate of drug-likeness (QED) is 0.672. The molecule has 0 radical (unpaired) electrons. The van der Waals surface area contributed by atoms with Crippen LogP contribution in [0.1, 0.15) is 25.3 Å². The number of methoxy groups -OCH3 is 1. The molecule has 1 amide bonds. The van der Waals surface area contributed by atoms with Crippen LogP contribution >= 0.6 is 24.0 Å². The van der Waals surface area contributed by atoms with Crippen LogP contribution in [0.25, 0.3) is 0 Å². The van der Waals surface area contributed by atoms with E-state index in [2.05, 4.69) is 10.6 Å². The van der Waals surface area contributed by atoms with Crippen LogP contribution in [0.4, 0.5) is 0 Å². The number of benzene rings is 1. The molecule has 0 atom stereocenters. The molecule has 22 heavy (non-hydrogen) atoms. The molecular formula is C15H24Cl2N2O3. The van der Waals surface area contributed by atoms with Crippen LogP contribution in [0.15, 0.2) is 12.1 Å². The minimum Gasteiger partial charge on any atom is -0.493 e. The van der Waals surface area contributed by atoms with Crippen LogP contribution in [0.2, 0.25) is 5.02 Å². The summed E-state index contributed by atoms with van der Waals surface area (Å²) < 4.78 is 10.7. The average molecular weight is 351 g/mol. The maximum absolute atomic E-state index is 11.7. The number of nitrogens with one attached hydrogen (secondary N) is 2. The van der Waals surface area contributed by atoms with Gasteiger partial charge < -0.3 is 20.1 Å². The fraction of sp³-hybridized carbons (Fsp3) is 0.533. The molecule has 1 aromatic rings. The first-order chi connectivity index (χ1) is 10.1. The lowest BCUT2D eigenvalue weighted by atomic mass is 10.2. The maximum atomic E-state index is 11.7. The van der Waals surface area contributed by atoms with Gasteiger partial charge in [-0.15, -0.1) is 12.4 Å². The summed E-state index contributed by atoms with van der Waals surface area (Å²) in [5.74, 6) is 1.13. The average Bonchev–Trinajstić information content (AvgIpc) is 2.47. The Morgan fingerprint density at radius 3 is 2.68 bits per heavy atom. The predicted molar refractivity (Wildman–Crippen MR) is 91.4 cm³/mol. The molecule has 2 N–H and O–H groups in total. The summed E-state index contributed by atoms with van der Waals surface area (Å²) in [5, 5.41) is 6.36. The second-order valence-corrected chi connectivity index (χ2v) is 4.93. The number of carbonyl (C=O) groups is 1. The third-order valence-electron chi connectivity index (χ3n) is 2.90. The number of hydrogen-bond donors (Lipinski definition) is 2. The Hall–Kier alpha value is -1.17. The Labute approximate surface area is 143 Å². The third kappa shape index (κ3) is 6.73. The number of amides is 1. The van der Waals surface area contributed by atoms with E-state index in [1.54, 1.807) is 13.2 Å². The van der Waals surface area contributed by atoms with E-state index in [-0.39, 0.29) is 18.3 Å². The summed E-state index contributed by atoms with van der Waals surface area (Å²) in [5.41, 5.74) is 0.877. The molecule has 0 unspecified atom stereocenters. The van der Waals surface area contributed by atoms with Crippen molar-refractivity contribution >= 4 is 29.9 Å². The number of rotatable bonds is 9. The van der Waals surface area contributed by atoms with Gasteiger partial charge in [-0.3, -0.25) is 4.79 Å². The van der Waals surface area contributed by atoms with E-state index >= 15 is 0 Å². The first-order valence-electron chi connectivity index (χ1n) is 7.02. The second-order valence-electron chi connectivity index (χ2n) is 4.53. The van der Waals surface area contributed by atoms with E-state index in [9.17, 15) is 4.79 Å². The lowest BCUT2D eigenvalue weighted by Crippen LogP contribution is -2.23. The SMILES string of the molecule is CCOc1c(Cl)cc(CNC(=O)CCCNC)cc1OC.Cl. The monoisotopic (exact) mass is 350 g/mol. The van der Waals surface area contributed by atoms with Crippen LogP contribution in [0, 0.1) is 0 Å². The van der Waals surface area contributed by atoms with Gasteiger partial charge in [0.25, 0.3) is 0 Å². The highest BCUT2D eigenvalue weighted by molar-refractivity contribution is 6.32. The molecule has 0 aromatic heterocycles. The van der Waals surface area contributed by atoms with Crippen LogP contribution in [0.3, 0.4) is 0 Å². The van der Waals surface area contributed by atoms with Crippen molar-refractivity contribution in [2.75, 3.05) is 27.3 Å². The molecule has 0 bridgehead atoms. The Kier molecular flexibility index (Phi) is 10.8. The van der Waals surface area contributed by atoms with Gasteiger partial charge >= 0.3 is 0 Å². The van der Waals surface area contributed by atoms with Gasteiger partial charge in [-0.05, 0) is 44.6 Å². The van der Waals surface area contributed by atoms with Gasteiger partial charge in [0.15, 0.2) is 11.5 Å². The molecule has 0 heterocycles. The van der Waals surface area contributed by atoms with E-state index < -0.39 is 0 Å². The van der Waals surface area contributed by atoms with Gasteiger partial charge in [-0.2, -0.15) is 0 Å². The van der Waals surface area contributed by atoms with Gasteiger partial charge in [-0.1, -0.05) is 11.6 Å². The lowest BCUT2D eigenvalue weighted by molar-refractivity contribution is -0.121. The minimum absolute atomic E-state index is 0. The van der Waals surface area contributed by atoms with Gasteiger partial charge in [-0.25, -0.2) is 0 Å². The normalized spacial score (nSPS) is 9.82. The first kappa shape index (κ1) is 20.8. The molecule has 0 saturated heterocycles. The number of hydrogen-bond acceptors (Lipinski definition) is 4. The largest absolute Gasteiger partial charge is 0.493 e. The molecule has 0 saturated carbocycles. The summed E-state index contributed by atoms with van der Waals surface area (Å²) >= 11 is 6.18. The van der Waals surface area contributed by atoms with E-state index in [0.29, 0.717) is 36.1 Å². The third-order valence-corrected chi connectivity index (χ3v) is 3.18. The predicted octanol–water partition coefficient (Wildman–Crippen LogP) is 2.78. The molecule has 0 aliphatic heterocycles. The Morgan fingerprint density at radius 1 is 1.36 bits per heavy atom. The fourth-order valence-electron chi connectivity index (χ4n) is 1.87. The van der Waals surface area contributed by atoms with Crippen molar-refractivity contribution in [2.24, 2.45) is 0 Å². The summed E-state index contributed by atoms with van der Waals surface area (Å²) in [7, 11) is 3.43. The highest BCUT2D eigenvalue weighted by Gasteiger charge is 2.12. The van der Waals surface area contributed by atoms with Crippen LogP contribution in [-0.2, 0) is 11.3 Å². The van der Waals surface area contributed by atoms with Crippen LogP contribution in [0.5, 0.6) is 11.5 Å². The summed E-state index contributed by atoms with van der Waals surface area (Å²) in [6.07, 6.45) is 1.32. The number of halogens is 2. The van der Waals surface area contributed by atoms with Gasteiger partial charge in [0.2, 0.25) is 5.91 Å². The molecule has 7 heteroatoms. The fourth-order valence-corrected chi connectivity index (χ4v) is 2.16. The van der Waals surface area contributed by atoms with E-state index in [1.165, 1.54) is 0 Å². The molecular weight excluding hydrogens is 327 g/mol. The van der Waals surface area contributed by atoms with Crippen molar-refractivity contribution in [1.29, 1.82) is 0 Å². The molecule has 5 nitrogen and oxygen atoms in total. The van der Waals surface area contributed by atoms with Crippen LogP contribution < -0.4 is 20.1 Å². The molecule has 0 fully saturated rings. The summed E-state index contributed by atoms with van der Waals surface area (Å²) in [4.78, 5) is 11.7. The van der Waals surface area contributed by atoms with Crippen molar-refractivity contribution in [3.8, 4) is 11.5 Å². The van der Waals surface area contributed by atoms with Gasteiger partial charge in [0.05, 0.1) is 18.7 Å². The zero-order valence-electron chi connectivity index (χ0n) is 13.2. The van der Waals surface area contributed by atoms with Crippen LogP contribution in [-0.4, -0.2) is 33.2 Å². The van der Waals surface area contributed by atoms with Crippen molar-refractivity contribution < 1.29 is 14.3 Å². The molecule has 126 valence electrons. The minimum atomic E-state index is 0. The number of ether oxygens (including phenoxy) is 2. The standard InChI is InChI=1S/C15H23ClN2O3.ClH/c1-4-21-15-12(16)8-11(9-13(15)20-3)10-18-14(19)6-5-7-17-2;/h8-9,17H,4-7,10H2,1-3H3,(H,18,19);1H. The molecule has 1 aromatic carbocycles. The van der Waals surface area contributed by atoms with Crippen molar-refractivity contribution in [1.82, 2.24) is 10.6 Å². The van der Waals surface area contributed by atoms with Crippen molar-refractivity contribution in [3.63, 3.8) is 0 Å². The molecule has 0 spiro atoms. The van der Waals surface area contributed by atoms with Gasteiger partial charge in [0.1, 0.15) is 0 Å². The Balaban J connectivity index is 0.00000441. The second kappa shape index (κ2) is 11.4. The Bertz CT molecular complexity index is 470. The Morgan fingerprint density at radius 2 is 2.09 bits per heavy atom. The number of carbonyl (C=O) groups excluding carboxylic acids is 1. The van der Waals surface area contributed by atoms with E-state index in [0.717, 1.165) is 18.5 Å². The zero-order chi connectivity index (χ0) is 15.7. The van der Waals surface area contributed by atoms with E-state index in [4.69, 9.17) is 21.1 Å². The van der Waals surface area contributed by atoms with Gasteiger partial charge in [0, 0.05) is 13.0 Å². The highest BCUT2D eigenvalue weighted by atomic mass is 35.5. The smallest absolute Gasteiger partial charge is 0.220 e. The topological polar surface area (TPSA) is 59.6 Å². The molecule has 1 rings (SSSR count). The first-order valence-corrected chi connectivity index (χ1v) is 7.40. The highest BCUT2D eigenvalue weighted by Crippen LogP contribution is 2.36. The molecule has 0 aliphatic rings. The lowest BCUT2D eigenvalue weighted by Gasteiger charge is -2.13. The summed E-state index contributed by atoms with van der Waals surface area (Å²) in [6.45, 7) is 3.64. The van der Waals surface area contributed by atoms with Crippen molar-refractivity contribution in [3.05, 3.63) is 22.7 Å².